The molecule has 2 atom stereocenters. The average molecular weight is 351 g/mol. The summed E-state index contributed by atoms with van der Waals surface area (Å²) in [5.41, 5.74) is 0.991. The van der Waals surface area contributed by atoms with E-state index in [1.165, 1.54) is 18.4 Å². The number of unbranched alkanes of at least 4 members (excludes halogenated alkanes) is 1. The molecule has 1 aliphatic heterocycles. The summed E-state index contributed by atoms with van der Waals surface area (Å²) in [6.45, 7) is 8.66. The fourth-order valence-corrected chi connectivity index (χ4v) is 3.03. The van der Waals surface area contributed by atoms with Crippen LogP contribution in [-0.2, 0) is 25.5 Å². The van der Waals surface area contributed by atoms with Crippen molar-refractivity contribution in [3.05, 3.63) is 21.6 Å². The predicted molar refractivity (Wildman–Crippen MR) is 91.2 cm³/mol. The zero-order valence-electron chi connectivity index (χ0n) is 15.4. The summed E-state index contributed by atoms with van der Waals surface area (Å²) in [7, 11) is 0. The third kappa shape index (κ3) is 3.67. The van der Waals surface area contributed by atoms with Crippen LogP contribution in [0.5, 0.6) is 0 Å². The minimum Gasteiger partial charge on any atom is -0.435 e. The number of rotatable bonds is 6. The van der Waals surface area contributed by atoms with E-state index in [1.807, 2.05) is 13.8 Å². The zero-order chi connectivity index (χ0) is 18.7. The second-order valence-corrected chi connectivity index (χ2v) is 6.04. The number of hydrogen-bond donors (Lipinski definition) is 0. The van der Waals surface area contributed by atoms with Crippen LogP contribution in [0.4, 0.5) is 5.95 Å². The number of aryl methyl sites for hydroxylation is 1. The van der Waals surface area contributed by atoms with Crippen LogP contribution in [0.1, 0.15) is 58.0 Å². The minimum atomic E-state index is -1.04. The van der Waals surface area contributed by atoms with E-state index in [9.17, 15) is 14.4 Å². The highest BCUT2D eigenvalue weighted by Gasteiger charge is 2.44. The highest BCUT2D eigenvalue weighted by Crippen LogP contribution is 2.33. The molecule has 0 spiro atoms. The Morgan fingerprint density at radius 3 is 2.24 bits per heavy atom. The Morgan fingerprint density at radius 1 is 1.12 bits per heavy atom. The first kappa shape index (κ1) is 19.0. The molecule has 8 nitrogen and oxygen atoms in total. The number of aromatic nitrogens is 2. The topological polar surface area (TPSA) is 90.7 Å². The van der Waals surface area contributed by atoms with Gasteiger partial charge >= 0.3 is 11.9 Å². The van der Waals surface area contributed by atoms with E-state index in [4.69, 9.17) is 9.47 Å². The van der Waals surface area contributed by atoms with Gasteiger partial charge < -0.3 is 14.4 Å². The maximum Gasteiger partial charge on any atom is 0.304 e. The fraction of sp³-hybridized carbons (Fsp3) is 0.647. The van der Waals surface area contributed by atoms with Crippen molar-refractivity contribution in [3.63, 3.8) is 0 Å². The fourth-order valence-electron chi connectivity index (χ4n) is 3.03. The number of nitrogens with zero attached hydrogens (tertiary/aromatic N) is 3. The summed E-state index contributed by atoms with van der Waals surface area (Å²) in [5, 5.41) is 0. The van der Waals surface area contributed by atoms with Gasteiger partial charge in [-0.15, -0.1) is 0 Å². The van der Waals surface area contributed by atoms with Crippen molar-refractivity contribution in [2.75, 3.05) is 11.4 Å². The van der Waals surface area contributed by atoms with Crippen LogP contribution in [0.25, 0.3) is 0 Å². The third-order valence-corrected chi connectivity index (χ3v) is 4.15. The smallest absolute Gasteiger partial charge is 0.304 e. The number of carbonyl (C=O) groups excluding carboxylic acids is 2. The van der Waals surface area contributed by atoms with E-state index < -0.39 is 24.4 Å². The molecule has 1 aromatic heterocycles. The predicted octanol–water partition coefficient (Wildman–Crippen LogP) is 1.69. The van der Waals surface area contributed by atoms with Crippen molar-refractivity contribution >= 4 is 17.9 Å². The number of hydrogen-bond acceptors (Lipinski definition) is 7. The largest absolute Gasteiger partial charge is 0.435 e. The normalized spacial score (nSPS) is 18.8. The Hall–Kier alpha value is -2.38. The molecule has 2 heterocycles. The summed E-state index contributed by atoms with van der Waals surface area (Å²) < 4.78 is 12.0. The van der Waals surface area contributed by atoms with E-state index in [0.717, 1.165) is 12.8 Å². The van der Waals surface area contributed by atoms with Crippen molar-refractivity contribution in [1.82, 2.24) is 9.55 Å². The van der Waals surface area contributed by atoms with Gasteiger partial charge in [-0.3, -0.25) is 14.4 Å². The summed E-state index contributed by atoms with van der Waals surface area (Å²) >= 11 is 0. The van der Waals surface area contributed by atoms with Crippen LogP contribution in [0, 0.1) is 6.92 Å². The van der Waals surface area contributed by atoms with E-state index in [2.05, 4.69) is 4.98 Å². The first-order chi connectivity index (χ1) is 11.8. The van der Waals surface area contributed by atoms with E-state index in [0.29, 0.717) is 30.2 Å². The van der Waals surface area contributed by atoms with Gasteiger partial charge in [0.2, 0.25) is 18.4 Å². The number of likely N-dealkylation sites (N-methyl/N-ethyl adjacent to an activating group) is 1. The summed E-state index contributed by atoms with van der Waals surface area (Å²) in [5.74, 6) is -0.735. The standard InChI is InChI=1S/C17H25N3O5/c1-6-8-9-13-10(3)18-17-19(7-2)15(24-11(4)21)16(25-12(5)22)20(17)14(13)23/h15-16H,6-9H2,1-5H3. The van der Waals surface area contributed by atoms with Crippen molar-refractivity contribution in [2.45, 2.75) is 66.3 Å². The third-order valence-electron chi connectivity index (χ3n) is 4.15. The number of esters is 2. The lowest BCUT2D eigenvalue weighted by molar-refractivity contribution is -0.170. The van der Waals surface area contributed by atoms with Gasteiger partial charge in [0.25, 0.3) is 5.56 Å². The molecule has 0 bridgehead atoms. The molecule has 8 heteroatoms. The second kappa shape index (κ2) is 7.67. The summed E-state index contributed by atoms with van der Waals surface area (Å²) in [6.07, 6.45) is 0.460. The first-order valence-electron chi connectivity index (χ1n) is 8.54. The molecule has 0 radical (unpaired) electrons. The molecular weight excluding hydrogens is 326 g/mol. The number of ether oxygens (including phenoxy) is 2. The van der Waals surface area contributed by atoms with Crippen molar-refractivity contribution in [3.8, 4) is 0 Å². The Labute approximate surface area is 146 Å². The second-order valence-electron chi connectivity index (χ2n) is 6.04. The molecule has 0 aliphatic carbocycles. The molecule has 1 aromatic rings. The monoisotopic (exact) mass is 351 g/mol. The molecule has 0 fully saturated rings. The van der Waals surface area contributed by atoms with E-state index in [1.54, 1.807) is 11.8 Å². The van der Waals surface area contributed by atoms with Gasteiger partial charge in [-0.05, 0) is 26.7 Å². The van der Waals surface area contributed by atoms with Crippen LogP contribution in [-0.4, -0.2) is 34.3 Å². The number of fused-ring (bicyclic) bond motifs is 1. The maximum atomic E-state index is 13.0. The molecule has 138 valence electrons. The van der Waals surface area contributed by atoms with Crippen molar-refractivity contribution < 1.29 is 19.1 Å². The van der Waals surface area contributed by atoms with Gasteiger partial charge in [-0.25, -0.2) is 9.55 Å². The zero-order valence-corrected chi connectivity index (χ0v) is 15.4. The van der Waals surface area contributed by atoms with Crippen LogP contribution in [0.2, 0.25) is 0 Å². The van der Waals surface area contributed by atoms with Gasteiger partial charge in [0.15, 0.2) is 0 Å². The van der Waals surface area contributed by atoms with E-state index in [-0.39, 0.29) is 5.56 Å². The molecule has 1 aliphatic rings. The maximum absolute atomic E-state index is 13.0. The van der Waals surface area contributed by atoms with Crippen molar-refractivity contribution in [1.29, 1.82) is 0 Å². The summed E-state index contributed by atoms with van der Waals surface area (Å²) in [4.78, 5) is 42.3. The van der Waals surface area contributed by atoms with Gasteiger partial charge in [0.1, 0.15) is 0 Å². The first-order valence-corrected chi connectivity index (χ1v) is 8.54. The van der Waals surface area contributed by atoms with Crippen LogP contribution in [0.15, 0.2) is 4.79 Å². The SMILES string of the molecule is CCCCc1c(C)nc2n(c1=O)C(OC(C)=O)C(OC(C)=O)N2CC. The molecule has 0 saturated heterocycles. The molecule has 2 rings (SSSR count). The van der Waals surface area contributed by atoms with Crippen molar-refractivity contribution in [2.24, 2.45) is 0 Å². The number of anilines is 1. The minimum absolute atomic E-state index is 0.254. The number of carbonyl (C=O) groups is 2. The van der Waals surface area contributed by atoms with E-state index >= 15 is 0 Å². The Morgan fingerprint density at radius 2 is 1.72 bits per heavy atom. The highest BCUT2D eigenvalue weighted by molar-refractivity contribution is 5.68. The lowest BCUT2D eigenvalue weighted by Gasteiger charge is -2.25. The Bertz CT molecular complexity index is 728. The lowest BCUT2D eigenvalue weighted by atomic mass is 10.1. The quantitative estimate of drug-likeness (QED) is 0.720. The Kier molecular flexibility index (Phi) is 5.81. The Balaban J connectivity index is 2.61. The summed E-state index contributed by atoms with van der Waals surface area (Å²) in [6, 6.07) is 0. The van der Waals surface area contributed by atoms with Crippen LogP contribution in [0.3, 0.4) is 0 Å². The van der Waals surface area contributed by atoms with Gasteiger partial charge in [-0.1, -0.05) is 13.3 Å². The highest BCUT2D eigenvalue weighted by atomic mass is 16.6. The van der Waals surface area contributed by atoms with Crippen LogP contribution >= 0.6 is 0 Å². The molecule has 0 amide bonds. The molecule has 0 aromatic carbocycles. The van der Waals surface area contributed by atoms with Crippen LogP contribution < -0.4 is 10.5 Å². The van der Waals surface area contributed by atoms with Gasteiger partial charge in [0, 0.05) is 31.6 Å². The average Bonchev–Trinajstić information content (AvgIpc) is 2.78. The van der Waals surface area contributed by atoms with Gasteiger partial charge in [-0.2, -0.15) is 0 Å². The lowest BCUT2D eigenvalue weighted by Crippen LogP contribution is -2.40. The molecular formula is C17H25N3O5. The molecule has 0 saturated carbocycles. The molecule has 2 unspecified atom stereocenters. The molecule has 0 N–H and O–H groups in total. The molecule has 25 heavy (non-hydrogen) atoms. The van der Waals surface area contributed by atoms with Gasteiger partial charge in [0.05, 0.1) is 0 Å².